The molecule has 0 aromatic heterocycles. The van der Waals surface area contributed by atoms with Crippen molar-refractivity contribution in [3.63, 3.8) is 0 Å². The van der Waals surface area contributed by atoms with Crippen LogP contribution in [0.15, 0.2) is 54.3 Å². The highest BCUT2D eigenvalue weighted by Gasteiger charge is 2.01. The molecule has 1 aliphatic heterocycles. The molecule has 0 fully saturated rings. The molecule has 0 radical (unpaired) electrons. The summed E-state index contributed by atoms with van der Waals surface area (Å²) in [6.45, 7) is 4.30. The Morgan fingerprint density at radius 2 is 2.00 bits per heavy atom. The van der Waals surface area contributed by atoms with Crippen LogP contribution in [0.2, 0.25) is 0 Å². The molecule has 1 heteroatoms. The normalized spacial score (nSPS) is 15.3. The van der Waals surface area contributed by atoms with E-state index in [4.69, 9.17) is 0 Å². The zero-order chi connectivity index (χ0) is 10.5. The molecule has 0 atom stereocenters. The molecular formula is C14H17N. The topological polar surface area (TPSA) is 3.24 Å². The summed E-state index contributed by atoms with van der Waals surface area (Å²) < 4.78 is 0. The Balaban J connectivity index is 1.83. The standard InChI is InChI=1S/C14H17N/c1-13-7-10-15(11-8-13)12-9-14-5-3-2-4-6-14/h2-8,10H,9,11-12H2,1H3. The molecule has 0 spiro atoms. The molecule has 0 bridgehead atoms. The van der Waals surface area contributed by atoms with Crippen molar-refractivity contribution in [2.45, 2.75) is 13.3 Å². The van der Waals surface area contributed by atoms with Crippen molar-refractivity contribution in [2.24, 2.45) is 0 Å². The lowest BCUT2D eigenvalue weighted by molar-refractivity contribution is 0.414. The van der Waals surface area contributed by atoms with Gasteiger partial charge in [0.25, 0.3) is 0 Å². The average molecular weight is 199 g/mol. The number of rotatable bonds is 3. The maximum absolute atomic E-state index is 2.35. The highest BCUT2D eigenvalue weighted by Crippen LogP contribution is 2.07. The molecule has 1 aromatic carbocycles. The monoisotopic (exact) mass is 199 g/mol. The van der Waals surface area contributed by atoms with E-state index in [0.717, 1.165) is 19.5 Å². The molecule has 0 aliphatic carbocycles. The SMILES string of the molecule is CC1=CCN(CCc2ccccc2)C=C1. The minimum atomic E-state index is 1.05. The zero-order valence-corrected chi connectivity index (χ0v) is 9.19. The summed E-state index contributed by atoms with van der Waals surface area (Å²) in [6, 6.07) is 10.6. The number of benzene rings is 1. The van der Waals surface area contributed by atoms with E-state index >= 15 is 0 Å². The minimum absolute atomic E-state index is 1.05. The van der Waals surface area contributed by atoms with Crippen molar-refractivity contribution in [3.05, 3.63) is 59.8 Å². The molecule has 15 heavy (non-hydrogen) atoms. The summed E-state index contributed by atoms with van der Waals surface area (Å²) in [7, 11) is 0. The van der Waals surface area contributed by atoms with Gasteiger partial charge in [0.1, 0.15) is 0 Å². The number of hydrogen-bond acceptors (Lipinski definition) is 1. The van der Waals surface area contributed by atoms with Crippen LogP contribution in [0, 0.1) is 0 Å². The van der Waals surface area contributed by atoms with E-state index in [9.17, 15) is 0 Å². The van der Waals surface area contributed by atoms with E-state index in [0.29, 0.717) is 0 Å². The highest BCUT2D eigenvalue weighted by molar-refractivity contribution is 5.20. The van der Waals surface area contributed by atoms with Crippen LogP contribution in [0.25, 0.3) is 0 Å². The van der Waals surface area contributed by atoms with E-state index in [1.54, 1.807) is 0 Å². The lowest BCUT2D eigenvalue weighted by Crippen LogP contribution is -2.22. The summed E-state index contributed by atoms with van der Waals surface area (Å²) in [5.74, 6) is 0. The average Bonchev–Trinajstić information content (AvgIpc) is 2.30. The molecule has 1 aliphatic rings. The second-order valence-corrected chi connectivity index (χ2v) is 3.99. The Morgan fingerprint density at radius 1 is 1.20 bits per heavy atom. The lowest BCUT2D eigenvalue weighted by atomic mass is 10.1. The van der Waals surface area contributed by atoms with Gasteiger partial charge in [0.05, 0.1) is 0 Å². The van der Waals surface area contributed by atoms with Crippen molar-refractivity contribution in [1.29, 1.82) is 0 Å². The van der Waals surface area contributed by atoms with Gasteiger partial charge in [-0.25, -0.2) is 0 Å². The quantitative estimate of drug-likeness (QED) is 0.723. The molecule has 0 N–H and O–H groups in total. The van der Waals surface area contributed by atoms with Crippen molar-refractivity contribution >= 4 is 0 Å². The van der Waals surface area contributed by atoms with Crippen LogP contribution in [0.3, 0.4) is 0 Å². The maximum Gasteiger partial charge on any atom is 0.0359 e. The van der Waals surface area contributed by atoms with Crippen molar-refractivity contribution in [1.82, 2.24) is 4.90 Å². The van der Waals surface area contributed by atoms with Gasteiger partial charge in [0, 0.05) is 13.1 Å². The lowest BCUT2D eigenvalue weighted by Gasteiger charge is -2.21. The molecular weight excluding hydrogens is 182 g/mol. The fourth-order valence-electron chi connectivity index (χ4n) is 1.70. The highest BCUT2D eigenvalue weighted by atomic mass is 15.1. The number of allylic oxidation sites excluding steroid dienone is 2. The van der Waals surface area contributed by atoms with Crippen LogP contribution in [0.4, 0.5) is 0 Å². The number of nitrogens with zero attached hydrogens (tertiary/aromatic N) is 1. The second-order valence-electron chi connectivity index (χ2n) is 3.99. The Morgan fingerprint density at radius 3 is 2.67 bits per heavy atom. The van der Waals surface area contributed by atoms with E-state index in [-0.39, 0.29) is 0 Å². The fourth-order valence-corrected chi connectivity index (χ4v) is 1.70. The Labute approximate surface area is 91.7 Å². The summed E-state index contributed by atoms with van der Waals surface area (Å²) in [4.78, 5) is 2.35. The predicted molar refractivity (Wildman–Crippen MR) is 64.6 cm³/mol. The molecule has 1 nitrogen and oxygen atoms in total. The smallest absolute Gasteiger partial charge is 0.0359 e. The van der Waals surface area contributed by atoms with Crippen molar-refractivity contribution in [3.8, 4) is 0 Å². The van der Waals surface area contributed by atoms with Crippen LogP contribution in [0.5, 0.6) is 0 Å². The Bertz CT molecular complexity index is 362. The third kappa shape index (κ3) is 2.98. The van der Waals surface area contributed by atoms with Crippen LogP contribution in [-0.4, -0.2) is 18.0 Å². The molecule has 0 saturated heterocycles. The second kappa shape index (κ2) is 4.83. The third-order valence-electron chi connectivity index (χ3n) is 2.73. The molecule has 1 heterocycles. The van der Waals surface area contributed by atoms with Gasteiger partial charge in [-0.05, 0) is 31.2 Å². The maximum atomic E-state index is 2.35. The Hall–Kier alpha value is -1.50. The molecule has 1 aromatic rings. The van der Waals surface area contributed by atoms with Crippen LogP contribution in [-0.2, 0) is 6.42 Å². The summed E-state index contributed by atoms with van der Waals surface area (Å²) in [5.41, 5.74) is 2.78. The van der Waals surface area contributed by atoms with E-state index in [1.807, 2.05) is 0 Å². The van der Waals surface area contributed by atoms with E-state index < -0.39 is 0 Å². The van der Waals surface area contributed by atoms with Gasteiger partial charge >= 0.3 is 0 Å². The van der Waals surface area contributed by atoms with Gasteiger partial charge in [-0.3, -0.25) is 0 Å². The number of hydrogen-bond donors (Lipinski definition) is 0. The zero-order valence-electron chi connectivity index (χ0n) is 9.19. The van der Waals surface area contributed by atoms with Gasteiger partial charge in [-0.15, -0.1) is 0 Å². The van der Waals surface area contributed by atoms with E-state index in [2.05, 4.69) is 60.5 Å². The first kappa shape index (κ1) is 10.0. The van der Waals surface area contributed by atoms with Gasteiger partial charge in [0.2, 0.25) is 0 Å². The third-order valence-corrected chi connectivity index (χ3v) is 2.73. The van der Waals surface area contributed by atoms with Gasteiger partial charge < -0.3 is 4.90 Å². The fraction of sp³-hybridized carbons (Fsp3) is 0.286. The molecule has 0 saturated carbocycles. The summed E-state index contributed by atoms with van der Waals surface area (Å²) >= 11 is 0. The molecule has 78 valence electrons. The first-order chi connectivity index (χ1) is 7.34. The first-order valence-electron chi connectivity index (χ1n) is 5.47. The molecule has 0 amide bonds. The van der Waals surface area contributed by atoms with Crippen molar-refractivity contribution < 1.29 is 0 Å². The van der Waals surface area contributed by atoms with Gasteiger partial charge in [0.15, 0.2) is 0 Å². The van der Waals surface area contributed by atoms with Gasteiger partial charge in [-0.2, -0.15) is 0 Å². The predicted octanol–water partition coefficient (Wildman–Crippen LogP) is 3.00. The first-order valence-corrected chi connectivity index (χ1v) is 5.47. The largest absolute Gasteiger partial charge is 0.373 e. The van der Waals surface area contributed by atoms with Gasteiger partial charge in [-0.1, -0.05) is 42.0 Å². The summed E-state index contributed by atoms with van der Waals surface area (Å²) in [6.07, 6.45) is 7.76. The minimum Gasteiger partial charge on any atom is -0.373 e. The van der Waals surface area contributed by atoms with Crippen LogP contribution < -0.4 is 0 Å². The van der Waals surface area contributed by atoms with Crippen LogP contribution in [0.1, 0.15) is 12.5 Å². The molecule has 2 rings (SSSR count). The van der Waals surface area contributed by atoms with Crippen molar-refractivity contribution in [2.75, 3.05) is 13.1 Å². The van der Waals surface area contributed by atoms with Crippen LogP contribution >= 0.6 is 0 Å². The summed E-state index contributed by atoms with van der Waals surface area (Å²) in [5, 5.41) is 0. The van der Waals surface area contributed by atoms with E-state index in [1.165, 1.54) is 11.1 Å². The Kier molecular flexibility index (Phi) is 3.23. The molecule has 0 unspecified atom stereocenters.